The Balaban J connectivity index is 1.29. The van der Waals surface area contributed by atoms with E-state index in [0.717, 1.165) is 70.2 Å². The zero-order chi connectivity index (χ0) is 24.9. The summed E-state index contributed by atoms with van der Waals surface area (Å²) in [5, 5.41) is 0. The summed E-state index contributed by atoms with van der Waals surface area (Å²) in [5.41, 5.74) is 8.38. The van der Waals surface area contributed by atoms with Gasteiger partial charge in [0.25, 0.3) is 0 Å². The van der Waals surface area contributed by atoms with Crippen molar-refractivity contribution in [1.82, 2.24) is 9.97 Å². The van der Waals surface area contributed by atoms with Crippen LogP contribution in [0.5, 0.6) is 11.5 Å². The van der Waals surface area contributed by atoms with Gasteiger partial charge in [-0.2, -0.15) is 0 Å². The first kappa shape index (κ1) is 23.0. The van der Waals surface area contributed by atoms with Crippen LogP contribution in [0.3, 0.4) is 0 Å². The van der Waals surface area contributed by atoms with Crippen molar-refractivity contribution in [1.29, 1.82) is 0 Å². The molecule has 5 aromatic rings. The van der Waals surface area contributed by atoms with Gasteiger partial charge in [0.15, 0.2) is 0 Å². The highest BCUT2D eigenvalue weighted by Crippen LogP contribution is 2.25. The quantitative estimate of drug-likeness (QED) is 0.229. The molecule has 0 aliphatic carbocycles. The molecule has 4 nitrogen and oxygen atoms in total. The Bertz CT molecular complexity index is 1480. The standard InChI is InChI=1S/C33H28N2O2/c1-4-24-14-18-29(19-15-24)36-22-25-10-12-26(13-11-25)23-37-30-20-16-27(17-21-30)31-7-3-9-33(35-31)32-8-2-6-28(5-1)34-32/h2-3,6-21H,1,4-5,22-23H2. The molecule has 5 aliphatic heterocycles. The van der Waals surface area contributed by atoms with Gasteiger partial charge >= 0.3 is 0 Å². The number of rotatable bonds is 0. The monoisotopic (exact) mass is 484 g/mol. The topological polar surface area (TPSA) is 44.2 Å². The van der Waals surface area contributed by atoms with Crippen LogP contribution in [-0.2, 0) is 26.1 Å². The van der Waals surface area contributed by atoms with Gasteiger partial charge in [-0.15, -0.1) is 0 Å². The van der Waals surface area contributed by atoms with Gasteiger partial charge in [0.2, 0.25) is 0 Å². The lowest BCUT2D eigenvalue weighted by molar-refractivity contribution is 0.302. The van der Waals surface area contributed by atoms with Crippen LogP contribution in [0.2, 0.25) is 0 Å². The fourth-order valence-corrected chi connectivity index (χ4v) is 4.51. The Morgan fingerprint density at radius 2 is 1.00 bits per heavy atom. The van der Waals surface area contributed by atoms with Crippen molar-refractivity contribution in [3.8, 4) is 34.1 Å². The van der Waals surface area contributed by atoms with Crippen LogP contribution in [0, 0.1) is 0 Å². The van der Waals surface area contributed by atoms with E-state index in [9.17, 15) is 0 Å². The van der Waals surface area contributed by atoms with Crippen LogP contribution >= 0.6 is 0 Å². The smallest absolute Gasteiger partial charge is 0.119 e. The molecule has 0 atom stereocenters. The van der Waals surface area contributed by atoms with Crippen molar-refractivity contribution in [3.05, 3.63) is 132 Å². The Hall–Kier alpha value is -4.44. The van der Waals surface area contributed by atoms with Crippen molar-refractivity contribution >= 4 is 0 Å². The van der Waals surface area contributed by atoms with E-state index in [1.807, 2.05) is 36.4 Å². The highest BCUT2D eigenvalue weighted by Gasteiger charge is 2.07. The molecule has 0 spiro atoms. The molecule has 3 aromatic carbocycles. The van der Waals surface area contributed by atoms with E-state index >= 15 is 0 Å². The molecule has 5 aliphatic rings. The summed E-state index contributed by atoms with van der Waals surface area (Å²) in [4.78, 5) is 9.82. The number of pyridine rings is 2. The summed E-state index contributed by atoms with van der Waals surface area (Å²) >= 11 is 0. The van der Waals surface area contributed by atoms with Crippen LogP contribution in [0.4, 0.5) is 0 Å². The first-order valence-electron chi connectivity index (χ1n) is 12.7. The number of hydrogen-bond acceptors (Lipinski definition) is 4. The predicted molar refractivity (Wildman–Crippen MR) is 146 cm³/mol. The molecule has 0 N–H and O–H groups in total. The number of benzene rings is 3. The Morgan fingerprint density at radius 3 is 1.68 bits per heavy atom. The van der Waals surface area contributed by atoms with E-state index in [2.05, 4.69) is 72.8 Å². The molecular formula is C33H28N2O2. The molecule has 0 saturated carbocycles. The summed E-state index contributed by atoms with van der Waals surface area (Å²) in [6, 6.07) is 37.2. The van der Waals surface area contributed by atoms with Gasteiger partial charge in [0.05, 0.1) is 17.1 Å². The SMILES string of the molecule is c1cc2nc(c1)-c1cccc(n1)-c1ccc(cc1)OCc1ccc(cc1)COc1ccc(cc1)CCC2. The normalized spacial score (nSPS) is 13.3. The lowest BCUT2D eigenvalue weighted by atomic mass is 10.1. The van der Waals surface area contributed by atoms with E-state index in [1.165, 1.54) is 5.56 Å². The molecule has 10 rings (SSSR count). The maximum Gasteiger partial charge on any atom is 0.119 e. The summed E-state index contributed by atoms with van der Waals surface area (Å²) in [6.45, 7) is 1.05. The molecule has 4 heteroatoms. The van der Waals surface area contributed by atoms with E-state index in [0.29, 0.717) is 13.2 Å². The molecule has 0 saturated heterocycles. The number of nitrogens with zero attached hydrogens (tertiary/aromatic N) is 2. The van der Waals surface area contributed by atoms with Gasteiger partial charge < -0.3 is 9.47 Å². The van der Waals surface area contributed by atoms with Crippen LogP contribution in [-0.4, -0.2) is 9.97 Å². The van der Waals surface area contributed by atoms with Gasteiger partial charge in [0.1, 0.15) is 24.7 Å². The van der Waals surface area contributed by atoms with Gasteiger partial charge in [-0.25, -0.2) is 4.98 Å². The zero-order valence-electron chi connectivity index (χ0n) is 20.6. The molecule has 10 bridgehead atoms. The molecule has 0 fully saturated rings. The average molecular weight is 485 g/mol. The first-order chi connectivity index (χ1) is 18.3. The number of ether oxygens (including phenoxy) is 2. The minimum atomic E-state index is 0.512. The number of aromatic nitrogens is 2. The Morgan fingerprint density at radius 1 is 0.459 bits per heavy atom. The molecule has 0 amide bonds. The molecular weight excluding hydrogens is 456 g/mol. The third kappa shape index (κ3) is 5.70. The van der Waals surface area contributed by atoms with Crippen LogP contribution in [0.15, 0.2) is 109 Å². The molecule has 2 aromatic heterocycles. The molecule has 182 valence electrons. The second-order valence-electron chi connectivity index (χ2n) is 9.34. The van der Waals surface area contributed by atoms with Gasteiger partial charge in [-0.3, -0.25) is 4.98 Å². The first-order valence-corrected chi connectivity index (χ1v) is 12.7. The van der Waals surface area contributed by atoms with E-state index < -0.39 is 0 Å². The van der Waals surface area contributed by atoms with E-state index in [-0.39, 0.29) is 0 Å². The number of hydrogen-bond donors (Lipinski definition) is 0. The fourth-order valence-electron chi connectivity index (χ4n) is 4.51. The average Bonchev–Trinajstić information content (AvgIpc) is 2.96. The summed E-state index contributed by atoms with van der Waals surface area (Å²) < 4.78 is 12.0. The third-order valence-electron chi connectivity index (χ3n) is 6.62. The maximum atomic E-state index is 6.03. The van der Waals surface area contributed by atoms with Gasteiger partial charge in [0, 0.05) is 11.3 Å². The van der Waals surface area contributed by atoms with Crippen molar-refractivity contribution < 1.29 is 9.47 Å². The summed E-state index contributed by atoms with van der Waals surface area (Å²) in [7, 11) is 0. The zero-order valence-corrected chi connectivity index (χ0v) is 20.6. The van der Waals surface area contributed by atoms with Crippen molar-refractivity contribution in [2.24, 2.45) is 0 Å². The lowest BCUT2D eigenvalue weighted by Crippen LogP contribution is -1.98. The maximum absolute atomic E-state index is 6.03. The van der Waals surface area contributed by atoms with Gasteiger partial charge in [-0.1, -0.05) is 48.5 Å². The van der Waals surface area contributed by atoms with Crippen molar-refractivity contribution in [3.63, 3.8) is 0 Å². The minimum absolute atomic E-state index is 0.512. The lowest BCUT2D eigenvalue weighted by Gasteiger charge is -2.10. The molecule has 0 unspecified atom stereocenters. The van der Waals surface area contributed by atoms with E-state index in [4.69, 9.17) is 19.4 Å². The fraction of sp³-hybridized carbons (Fsp3) is 0.152. The van der Waals surface area contributed by atoms with E-state index in [1.54, 1.807) is 0 Å². The van der Waals surface area contributed by atoms with Crippen LogP contribution in [0.25, 0.3) is 22.6 Å². The Labute approximate surface area is 217 Å². The van der Waals surface area contributed by atoms with Crippen LogP contribution in [0.1, 0.15) is 28.8 Å². The predicted octanol–water partition coefficient (Wildman–Crippen LogP) is 7.46. The molecule has 7 heterocycles. The molecule has 37 heavy (non-hydrogen) atoms. The third-order valence-corrected chi connectivity index (χ3v) is 6.62. The number of aryl methyl sites for hydroxylation is 2. The van der Waals surface area contributed by atoms with Gasteiger partial charge in [-0.05, 0) is 96.6 Å². The molecule has 0 radical (unpaired) electrons. The largest absolute Gasteiger partial charge is 0.489 e. The highest BCUT2D eigenvalue weighted by molar-refractivity contribution is 5.64. The van der Waals surface area contributed by atoms with Crippen molar-refractivity contribution in [2.45, 2.75) is 32.5 Å². The second kappa shape index (κ2) is 10.7. The van der Waals surface area contributed by atoms with Crippen LogP contribution < -0.4 is 9.47 Å². The van der Waals surface area contributed by atoms with Crippen molar-refractivity contribution in [2.75, 3.05) is 0 Å². The highest BCUT2D eigenvalue weighted by atomic mass is 16.5. The Kier molecular flexibility index (Phi) is 6.63. The summed E-state index contributed by atoms with van der Waals surface area (Å²) in [5.74, 6) is 1.71. The minimum Gasteiger partial charge on any atom is -0.489 e. The second-order valence-corrected chi connectivity index (χ2v) is 9.34. The summed E-state index contributed by atoms with van der Waals surface area (Å²) in [6.07, 6.45) is 2.95. The number of fused-ring (bicyclic) bond motifs is 1.